The molecule has 2 rings (SSSR count). The van der Waals surface area contributed by atoms with Gasteiger partial charge in [0.05, 0.1) is 6.54 Å². The summed E-state index contributed by atoms with van der Waals surface area (Å²) < 4.78 is 0. The lowest BCUT2D eigenvalue weighted by molar-refractivity contribution is -0.155. The molecule has 1 unspecified atom stereocenters. The molecular formula is C62H109N11O11. The summed E-state index contributed by atoms with van der Waals surface area (Å²) in [5, 5.41) is 11.2. The van der Waals surface area contributed by atoms with Gasteiger partial charge in [0, 0.05) is 49.3 Å². The molecule has 11 amide bonds. The van der Waals surface area contributed by atoms with E-state index >= 15 is 9.59 Å². The number of likely N-dealkylation sites (N-methyl/N-ethyl adjacent to an activating group) is 7. The van der Waals surface area contributed by atoms with Crippen LogP contribution >= 0.6 is 0 Å². The molecule has 0 aromatic rings. The summed E-state index contributed by atoms with van der Waals surface area (Å²) >= 11 is 0. The first-order valence-corrected chi connectivity index (χ1v) is 30.5. The van der Waals surface area contributed by atoms with Crippen molar-refractivity contribution in [3.8, 4) is 0 Å². The van der Waals surface area contributed by atoms with Gasteiger partial charge in [-0.1, -0.05) is 102 Å². The van der Waals surface area contributed by atoms with Crippen LogP contribution < -0.4 is 21.3 Å². The first-order valence-electron chi connectivity index (χ1n) is 30.5. The van der Waals surface area contributed by atoms with Crippen molar-refractivity contribution in [1.29, 1.82) is 0 Å². The molecule has 84 heavy (non-hydrogen) atoms. The summed E-state index contributed by atoms with van der Waals surface area (Å²) in [4.78, 5) is 170. The van der Waals surface area contributed by atoms with Crippen molar-refractivity contribution in [2.24, 2.45) is 47.3 Å². The van der Waals surface area contributed by atoms with Gasteiger partial charge in [0.15, 0.2) is 0 Å². The number of allylic oxidation sites excluding steroid dienone is 2. The Morgan fingerprint density at radius 3 is 1.37 bits per heavy atom. The molecule has 0 spiro atoms. The van der Waals surface area contributed by atoms with Crippen molar-refractivity contribution in [3.05, 3.63) is 12.2 Å². The molecule has 13 atom stereocenters. The highest BCUT2D eigenvalue weighted by Gasteiger charge is 2.49. The first-order chi connectivity index (χ1) is 38.9. The molecule has 22 heteroatoms. The molecule has 22 nitrogen and oxygen atoms in total. The number of amides is 11. The summed E-state index contributed by atoms with van der Waals surface area (Å²) in [7, 11) is 10.4. The third-order valence-corrected chi connectivity index (χ3v) is 16.9. The van der Waals surface area contributed by atoms with Gasteiger partial charge in [-0.2, -0.15) is 0 Å². The van der Waals surface area contributed by atoms with Crippen molar-refractivity contribution in [1.82, 2.24) is 55.6 Å². The van der Waals surface area contributed by atoms with Crippen LogP contribution in [0.3, 0.4) is 0 Å². The molecular weight excluding hydrogens is 1070 g/mol. The van der Waals surface area contributed by atoms with Gasteiger partial charge in [0.2, 0.25) is 65.0 Å². The minimum Gasteiger partial charge on any atom is -0.343 e. The summed E-state index contributed by atoms with van der Waals surface area (Å²) in [6.45, 7) is 28.5. The van der Waals surface area contributed by atoms with Crippen LogP contribution in [0.25, 0.3) is 0 Å². The molecule has 478 valence electrons. The van der Waals surface area contributed by atoms with E-state index in [0.29, 0.717) is 12.8 Å². The molecule has 0 saturated carbocycles. The van der Waals surface area contributed by atoms with Crippen LogP contribution in [0.15, 0.2) is 12.2 Å². The Morgan fingerprint density at radius 2 is 0.893 bits per heavy atom. The fourth-order valence-corrected chi connectivity index (χ4v) is 11.6. The number of hydrogen-bond donors (Lipinski definition) is 4. The fraction of sp³-hybridized carbons (Fsp3) is 0.790. The number of rotatable bonds is 13. The van der Waals surface area contributed by atoms with E-state index in [1.54, 1.807) is 20.8 Å². The molecule has 0 radical (unpaired) electrons. The maximum absolute atomic E-state index is 15.2. The van der Waals surface area contributed by atoms with Crippen LogP contribution in [-0.2, 0) is 52.7 Å². The topological polar surface area (TPSA) is 259 Å². The van der Waals surface area contributed by atoms with Gasteiger partial charge in [-0.3, -0.25) is 52.7 Å². The van der Waals surface area contributed by atoms with Crippen LogP contribution in [-0.4, -0.2) is 216 Å². The molecule has 4 N–H and O–H groups in total. The Kier molecular flexibility index (Phi) is 29.1. The summed E-state index contributed by atoms with van der Waals surface area (Å²) in [5.41, 5.74) is 0. The third kappa shape index (κ3) is 19.5. The summed E-state index contributed by atoms with van der Waals surface area (Å²) in [6.07, 6.45) is 5.65. The van der Waals surface area contributed by atoms with E-state index in [0.717, 1.165) is 0 Å². The molecule has 2 fully saturated rings. The molecule has 2 saturated heterocycles. The van der Waals surface area contributed by atoms with E-state index in [1.165, 1.54) is 97.5 Å². The molecule has 2 heterocycles. The highest BCUT2D eigenvalue weighted by molar-refractivity contribution is 5.99. The second-order valence-electron chi connectivity index (χ2n) is 26.2. The van der Waals surface area contributed by atoms with Crippen molar-refractivity contribution in [3.63, 3.8) is 0 Å². The summed E-state index contributed by atoms with van der Waals surface area (Å²) in [6, 6.07) is -11.3. The Labute approximate surface area is 503 Å². The standard InChI is InChI=1S/C62H109N11O11/c1-24-26-27-39(13)43-32-40(14)51-62(84)73(23)52(43)56(78)65-44(25-2)58(80)67(17)33-49(74)68(18)45(28-34(3)4)55(77)66-50(38(11)12)61(83)69(19)46(29-35(5)6)54(76)63-41(15)53(75)64-42(16)57(79)70(20)47(30-36(7)8)59(81)71(21)48(31-37(9)10)60(82)72(51)22/h24,26,34-48,50-52H,25,27-33H2,1-23H3,(H,63,76)(H,64,75)(H,65,78)(H,66,77)/b26-24+/t39-,40?,41+,42-,43-,44+,45+,46+,47+,48+,50+,51+,52+/m1/s1. The van der Waals surface area contributed by atoms with E-state index < -0.39 is 150 Å². The van der Waals surface area contributed by atoms with Crippen molar-refractivity contribution >= 4 is 65.0 Å². The predicted molar refractivity (Wildman–Crippen MR) is 325 cm³/mol. The lowest BCUT2D eigenvalue weighted by atomic mass is 9.78. The lowest BCUT2D eigenvalue weighted by Crippen LogP contribution is -2.61. The largest absolute Gasteiger partial charge is 0.343 e. The van der Waals surface area contributed by atoms with Gasteiger partial charge in [-0.15, -0.1) is 0 Å². The second-order valence-corrected chi connectivity index (χ2v) is 26.2. The van der Waals surface area contributed by atoms with Crippen LogP contribution in [0.2, 0.25) is 0 Å². The number of carbonyl (C=O) groups excluding carboxylic acids is 11. The number of nitrogens with zero attached hydrogens (tertiary/aromatic N) is 7. The van der Waals surface area contributed by atoms with Gasteiger partial charge in [0.1, 0.15) is 60.4 Å². The smallest absolute Gasteiger partial charge is 0.246 e. The van der Waals surface area contributed by atoms with Crippen molar-refractivity contribution in [2.75, 3.05) is 55.9 Å². The number of fused-ring (bicyclic) bond motifs is 3. The van der Waals surface area contributed by atoms with Crippen LogP contribution in [0, 0.1) is 47.3 Å². The lowest BCUT2D eigenvalue weighted by Gasteiger charge is -2.40. The molecule has 0 aromatic carbocycles. The van der Waals surface area contributed by atoms with E-state index in [2.05, 4.69) is 21.3 Å². The predicted octanol–water partition coefficient (Wildman–Crippen LogP) is 3.91. The Hall–Kier alpha value is -6.09. The SMILES string of the molecule is C/C=C/C[C@@H](C)[C@H]1CC(C)[C@H]2C(=O)N(C)[C@@H]1C(=O)N[C@@H](CC)C(=O)N(C)CC(=O)N(C)[C@@H](CC(C)C)C(=O)N[C@@H](C(C)C)C(=O)N(C)[C@@H](CC(C)C)C(=O)N[C@@H](C)C(=O)N[C@H](C)C(=O)N(C)[C@@H](CC(C)C)C(=O)N(C)[C@@H](CC(C)C)C(=O)N2C. The minimum atomic E-state index is -1.21. The fourth-order valence-electron chi connectivity index (χ4n) is 11.6. The number of hydrogen-bond acceptors (Lipinski definition) is 11. The van der Waals surface area contributed by atoms with E-state index in [4.69, 9.17) is 0 Å². The molecule has 2 aliphatic heterocycles. The zero-order chi connectivity index (χ0) is 64.7. The Balaban J connectivity index is 2.95. The zero-order valence-corrected chi connectivity index (χ0v) is 55.3. The minimum absolute atomic E-state index is 0.111. The van der Waals surface area contributed by atoms with Crippen LogP contribution in [0.1, 0.15) is 156 Å². The van der Waals surface area contributed by atoms with E-state index in [1.807, 2.05) is 88.3 Å². The Morgan fingerprint density at radius 1 is 0.464 bits per heavy atom. The first kappa shape index (κ1) is 74.0. The number of nitrogens with one attached hydrogen (secondary N) is 4. The highest BCUT2D eigenvalue weighted by atomic mass is 16.2. The monoisotopic (exact) mass is 1180 g/mol. The molecule has 0 aliphatic carbocycles. The van der Waals surface area contributed by atoms with Crippen molar-refractivity contribution < 1.29 is 52.7 Å². The molecule has 2 aliphatic rings. The average molecular weight is 1180 g/mol. The van der Waals surface area contributed by atoms with Crippen LogP contribution in [0.5, 0.6) is 0 Å². The average Bonchev–Trinajstić information content (AvgIpc) is 2.90. The van der Waals surface area contributed by atoms with E-state index in [-0.39, 0.29) is 61.7 Å². The second kappa shape index (κ2) is 33.0. The van der Waals surface area contributed by atoms with Gasteiger partial charge in [-0.05, 0) is 113 Å². The van der Waals surface area contributed by atoms with Gasteiger partial charge in [-0.25, -0.2) is 0 Å². The van der Waals surface area contributed by atoms with Gasteiger partial charge in [0.25, 0.3) is 0 Å². The highest BCUT2D eigenvalue weighted by Crippen LogP contribution is 2.37. The Bertz CT molecular complexity index is 2340. The maximum atomic E-state index is 15.2. The van der Waals surface area contributed by atoms with E-state index in [9.17, 15) is 43.2 Å². The maximum Gasteiger partial charge on any atom is 0.246 e. The zero-order valence-electron chi connectivity index (χ0n) is 55.3. The van der Waals surface area contributed by atoms with Crippen molar-refractivity contribution in [2.45, 2.75) is 216 Å². The third-order valence-electron chi connectivity index (χ3n) is 16.9. The van der Waals surface area contributed by atoms with Gasteiger partial charge < -0.3 is 55.6 Å². The molecule has 0 aromatic heterocycles. The van der Waals surface area contributed by atoms with Gasteiger partial charge >= 0.3 is 0 Å². The molecule has 2 bridgehead atoms. The number of carbonyl (C=O) groups is 11. The normalized spacial score (nSPS) is 29.0. The van der Waals surface area contributed by atoms with Crippen LogP contribution in [0.4, 0.5) is 0 Å². The quantitative estimate of drug-likeness (QED) is 0.192. The summed E-state index contributed by atoms with van der Waals surface area (Å²) in [5.74, 6) is -8.64.